The number of nitrogens with two attached hydrogens (primary N) is 1. The van der Waals surface area contributed by atoms with Crippen LogP contribution in [0.1, 0.15) is 19.8 Å². The van der Waals surface area contributed by atoms with Crippen molar-refractivity contribution in [3.63, 3.8) is 0 Å². The Kier molecular flexibility index (Phi) is 3.29. The lowest BCUT2D eigenvalue weighted by Crippen LogP contribution is -2.42. The molecule has 1 aliphatic rings. The maximum atomic E-state index is 5.65. The molecule has 16 heavy (non-hydrogen) atoms. The van der Waals surface area contributed by atoms with Gasteiger partial charge in [0.1, 0.15) is 5.82 Å². The fourth-order valence-corrected chi connectivity index (χ4v) is 2.19. The van der Waals surface area contributed by atoms with E-state index in [-0.39, 0.29) is 0 Å². The number of hydrogen-bond acceptors (Lipinski definition) is 4. The highest BCUT2D eigenvalue weighted by Crippen LogP contribution is 2.20. The molecule has 1 aromatic heterocycles. The molecule has 0 aliphatic carbocycles. The van der Waals surface area contributed by atoms with E-state index in [4.69, 9.17) is 5.73 Å². The number of aromatic nitrogens is 1. The van der Waals surface area contributed by atoms with Gasteiger partial charge in [-0.3, -0.25) is 0 Å². The average Bonchev–Trinajstić information content (AvgIpc) is 2.24. The summed E-state index contributed by atoms with van der Waals surface area (Å²) < 4.78 is 0. The van der Waals surface area contributed by atoms with Crippen LogP contribution in [0.2, 0.25) is 0 Å². The molecular weight excluding hydrogens is 200 g/mol. The molecule has 0 amide bonds. The normalized spacial score (nSPS) is 26.6. The summed E-state index contributed by atoms with van der Waals surface area (Å²) in [6.45, 7) is 3.42. The molecule has 4 nitrogen and oxygen atoms in total. The monoisotopic (exact) mass is 220 g/mol. The summed E-state index contributed by atoms with van der Waals surface area (Å²) >= 11 is 0. The first-order valence-electron chi connectivity index (χ1n) is 5.83. The molecule has 0 aromatic carbocycles. The minimum absolute atomic E-state index is 0.549. The van der Waals surface area contributed by atoms with Gasteiger partial charge in [-0.15, -0.1) is 0 Å². The molecule has 2 atom stereocenters. The molecule has 0 spiro atoms. The van der Waals surface area contributed by atoms with Crippen LogP contribution < -0.4 is 11.1 Å². The Balaban J connectivity index is 1.95. The van der Waals surface area contributed by atoms with Crippen LogP contribution in [0.3, 0.4) is 0 Å². The zero-order chi connectivity index (χ0) is 11.5. The van der Waals surface area contributed by atoms with E-state index < -0.39 is 0 Å². The van der Waals surface area contributed by atoms with E-state index in [1.807, 2.05) is 12.1 Å². The van der Waals surface area contributed by atoms with Gasteiger partial charge >= 0.3 is 0 Å². The van der Waals surface area contributed by atoms with Crippen LogP contribution in [0.25, 0.3) is 0 Å². The quantitative estimate of drug-likeness (QED) is 0.794. The maximum absolute atomic E-state index is 5.65. The van der Waals surface area contributed by atoms with Crippen molar-refractivity contribution in [2.75, 3.05) is 24.6 Å². The Morgan fingerprint density at radius 1 is 1.56 bits per heavy atom. The average molecular weight is 220 g/mol. The highest BCUT2D eigenvalue weighted by Gasteiger charge is 2.22. The second kappa shape index (κ2) is 4.70. The summed E-state index contributed by atoms with van der Waals surface area (Å²) in [5.41, 5.74) is 6.73. The van der Waals surface area contributed by atoms with Crippen molar-refractivity contribution >= 4 is 11.5 Å². The Morgan fingerprint density at radius 2 is 2.38 bits per heavy atom. The van der Waals surface area contributed by atoms with Gasteiger partial charge in [0.25, 0.3) is 0 Å². The molecule has 2 heterocycles. The van der Waals surface area contributed by atoms with Crippen LogP contribution in [0.15, 0.2) is 18.3 Å². The minimum atomic E-state index is 0.549. The molecule has 2 unspecified atom stereocenters. The number of pyridine rings is 1. The molecule has 4 heteroatoms. The number of hydrogen-bond donors (Lipinski definition) is 2. The maximum Gasteiger partial charge on any atom is 0.125 e. The van der Waals surface area contributed by atoms with Crippen molar-refractivity contribution in [2.24, 2.45) is 0 Å². The summed E-state index contributed by atoms with van der Waals surface area (Å²) in [6, 6.07) is 5.06. The molecule has 0 bridgehead atoms. The fourth-order valence-electron chi connectivity index (χ4n) is 2.19. The second-order valence-electron chi connectivity index (χ2n) is 4.66. The number of anilines is 2. The van der Waals surface area contributed by atoms with Crippen molar-refractivity contribution < 1.29 is 0 Å². The van der Waals surface area contributed by atoms with Crippen LogP contribution in [-0.4, -0.2) is 35.6 Å². The summed E-state index contributed by atoms with van der Waals surface area (Å²) in [5.74, 6) is 0.575. The lowest BCUT2D eigenvalue weighted by Gasteiger charge is -2.35. The predicted molar refractivity (Wildman–Crippen MR) is 67.4 cm³/mol. The van der Waals surface area contributed by atoms with Crippen molar-refractivity contribution in [2.45, 2.75) is 31.8 Å². The summed E-state index contributed by atoms with van der Waals surface area (Å²) in [5, 5.41) is 3.53. The molecule has 1 aromatic rings. The van der Waals surface area contributed by atoms with E-state index in [0.717, 1.165) is 12.2 Å². The summed E-state index contributed by atoms with van der Waals surface area (Å²) in [7, 11) is 2.19. The van der Waals surface area contributed by atoms with Crippen LogP contribution in [0.4, 0.5) is 11.5 Å². The molecule has 2 rings (SSSR count). The molecule has 3 N–H and O–H groups in total. The van der Waals surface area contributed by atoms with Crippen molar-refractivity contribution in [3.05, 3.63) is 18.3 Å². The third kappa shape index (κ3) is 2.64. The van der Waals surface area contributed by atoms with Crippen LogP contribution in [-0.2, 0) is 0 Å². The number of likely N-dealkylation sites (tertiary alicyclic amines) is 1. The lowest BCUT2D eigenvalue weighted by molar-refractivity contribution is 0.190. The van der Waals surface area contributed by atoms with E-state index in [9.17, 15) is 0 Å². The highest BCUT2D eigenvalue weighted by molar-refractivity contribution is 5.50. The lowest BCUT2D eigenvalue weighted by atomic mass is 9.99. The fraction of sp³-hybridized carbons (Fsp3) is 0.583. The van der Waals surface area contributed by atoms with E-state index in [0.29, 0.717) is 17.9 Å². The van der Waals surface area contributed by atoms with Gasteiger partial charge in [0.2, 0.25) is 0 Å². The van der Waals surface area contributed by atoms with Gasteiger partial charge in [-0.2, -0.15) is 0 Å². The zero-order valence-corrected chi connectivity index (χ0v) is 9.98. The van der Waals surface area contributed by atoms with Gasteiger partial charge in [0.15, 0.2) is 0 Å². The third-order valence-corrected chi connectivity index (χ3v) is 3.36. The standard InChI is InChI=1S/C12H20N4/c1-9-7-11(4-6-16(9)2)15-10-3-5-14-12(13)8-10/h3,5,8-9,11H,4,6-7H2,1-2H3,(H3,13,14,15). The minimum Gasteiger partial charge on any atom is -0.384 e. The molecule has 1 saturated heterocycles. The van der Waals surface area contributed by atoms with Gasteiger partial charge in [0.05, 0.1) is 0 Å². The third-order valence-electron chi connectivity index (χ3n) is 3.36. The van der Waals surface area contributed by atoms with Gasteiger partial charge < -0.3 is 16.0 Å². The molecule has 0 radical (unpaired) electrons. The molecule has 88 valence electrons. The molecular formula is C12H20N4. The highest BCUT2D eigenvalue weighted by atomic mass is 15.1. The first-order valence-corrected chi connectivity index (χ1v) is 5.83. The molecule has 0 saturated carbocycles. The molecule has 1 fully saturated rings. The Morgan fingerprint density at radius 3 is 3.06 bits per heavy atom. The van der Waals surface area contributed by atoms with E-state index >= 15 is 0 Å². The van der Waals surface area contributed by atoms with E-state index in [1.165, 1.54) is 12.8 Å². The van der Waals surface area contributed by atoms with E-state index in [2.05, 4.69) is 29.2 Å². The summed E-state index contributed by atoms with van der Waals surface area (Å²) in [4.78, 5) is 6.39. The topological polar surface area (TPSA) is 54.2 Å². The number of rotatable bonds is 2. The van der Waals surface area contributed by atoms with Gasteiger partial charge in [-0.1, -0.05) is 0 Å². The first-order chi connectivity index (χ1) is 7.65. The number of piperidine rings is 1. The van der Waals surface area contributed by atoms with Crippen LogP contribution in [0, 0.1) is 0 Å². The number of nitrogens with one attached hydrogen (secondary N) is 1. The number of nitrogens with zero attached hydrogens (tertiary/aromatic N) is 2. The smallest absolute Gasteiger partial charge is 0.125 e. The van der Waals surface area contributed by atoms with Crippen molar-refractivity contribution in [3.8, 4) is 0 Å². The first kappa shape index (κ1) is 11.2. The largest absolute Gasteiger partial charge is 0.384 e. The van der Waals surface area contributed by atoms with Crippen LogP contribution >= 0.6 is 0 Å². The predicted octanol–water partition coefficient (Wildman–Crippen LogP) is 1.56. The van der Waals surface area contributed by atoms with Gasteiger partial charge in [-0.05, 0) is 32.9 Å². The van der Waals surface area contributed by atoms with Gasteiger partial charge in [-0.25, -0.2) is 4.98 Å². The second-order valence-corrected chi connectivity index (χ2v) is 4.66. The van der Waals surface area contributed by atoms with Crippen LogP contribution in [0.5, 0.6) is 0 Å². The Bertz CT molecular complexity index is 353. The van der Waals surface area contributed by atoms with Gasteiger partial charge in [0, 0.05) is 36.6 Å². The molecule has 1 aliphatic heterocycles. The zero-order valence-electron chi connectivity index (χ0n) is 9.98. The summed E-state index contributed by atoms with van der Waals surface area (Å²) in [6.07, 6.45) is 4.11. The van der Waals surface area contributed by atoms with E-state index in [1.54, 1.807) is 6.20 Å². The Hall–Kier alpha value is -1.29. The van der Waals surface area contributed by atoms with Crippen molar-refractivity contribution in [1.29, 1.82) is 0 Å². The Labute approximate surface area is 96.8 Å². The SMILES string of the molecule is CC1CC(Nc2ccnc(N)c2)CCN1C. The number of nitrogen functional groups attached to an aromatic ring is 1. The van der Waals surface area contributed by atoms with Crippen molar-refractivity contribution in [1.82, 2.24) is 9.88 Å².